The van der Waals surface area contributed by atoms with Gasteiger partial charge < -0.3 is 14.7 Å². The lowest BCUT2D eigenvalue weighted by molar-refractivity contribution is 0.435. The van der Waals surface area contributed by atoms with Crippen LogP contribution < -0.4 is 5.73 Å². The van der Waals surface area contributed by atoms with E-state index in [9.17, 15) is 0 Å². The highest BCUT2D eigenvalue weighted by molar-refractivity contribution is 6.28. The lowest BCUT2D eigenvalue weighted by Gasteiger charge is -1.89. The monoisotopic (exact) mass is 198 g/mol. The van der Waals surface area contributed by atoms with E-state index in [4.69, 9.17) is 26.3 Å². The van der Waals surface area contributed by atoms with Gasteiger partial charge in [0.25, 0.3) is 0 Å². The number of halogens is 1. The van der Waals surface area contributed by atoms with Crippen LogP contribution in [0.4, 0.5) is 5.88 Å². The van der Waals surface area contributed by atoms with Gasteiger partial charge in [0.2, 0.25) is 5.88 Å². The van der Waals surface area contributed by atoms with E-state index in [1.165, 1.54) is 0 Å². The van der Waals surface area contributed by atoms with Crippen molar-refractivity contribution in [2.75, 3.05) is 5.73 Å². The van der Waals surface area contributed by atoms with Crippen LogP contribution in [0, 0.1) is 6.92 Å². The topological polar surface area (TPSA) is 65.2 Å². The predicted octanol–water partition coefficient (Wildman–Crippen LogP) is 2.48. The first-order chi connectivity index (χ1) is 6.18. The normalized spacial score (nSPS) is 10.6. The number of nitrogens with two attached hydrogens (primary N) is 1. The molecule has 0 spiro atoms. The van der Waals surface area contributed by atoms with Crippen LogP contribution in [0.5, 0.6) is 0 Å². The third-order valence-corrected chi connectivity index (χ3v) is 1.97. The van der Waals surface area contributed by atoms with Gasteiger partial charge in [-0.05, 0) is 30.7 Å². The second-order valence-electron chi connectivity index (χ2n) is 2.62. The van der Waals surface area contributed by atoms with Crippen molar-refractivity contribution in [2.45, 2.75) is 6.92 Å². The number of hydrogen-bond donors (Lipinski definition) is 1. The zero-order chi connectivity index (χ0) is 9.42. The summed E-state index contributed by atoms with van der Waals surface area (Å²) in [5.74, 6) is 0.852. The van der Waals surface area contributed by atoms with Crippen molar-refractivity contribution < 1.29 is 8.94 Å². The maximum Gasteiger partial charge on any atom is 0.225 e. The molecule has 5 heteroatoms. The van der Waals surface area contributed by atoms with Crippen molar-refractivity contribution in [1.82, 2.24) is 5.16 Å². The maximum atomic E-state index is 5.61. The number of hydrogen-bond acceptors (Lipinski definition) is 4. The van der Waals surface area contributed by atoms with E-state index in [0.717, 1.165) is 5.56 Å². The van der Waals surface area contributed by atoms with Crippen LogP contribution in [0.15, 0.2) is 21.1 Å². The van der Waals surface area contributed by atoms with E-state index in [1.807, 2.05) is 0 Å². The predicted molar refractivity (Wildman–Crippen MR) is 48.4 cm³/mol. The molecule has 68 valence electrons. The largest absolute Gasteiger partial charge is 0.443 e. The molecule has 2 N–H and O–H groups in total. The summed E-state index contributed by atoms with van der Waals surface area (Å²) in [5, 5.41) is 4.06. The Morgan fingerprint density at radius 3 is 2.69 bits per heavy atom. The van der Waals surface area contributed by atoms with Crippen LogP contribution in [0.2, 0.25) is 5.22 Å². The highest BCUT2D eigenvalue weighted by atomic mass is 35.5. The average Bonchev–Trinajstić information content (AvgIpc) is 2.62. The summed E-state index contributed by atoms with van der Waals surface area (Å²) in [5.41, 5.74) is 6.82. The minimum Gasteiger partial charge on any atom is -0.443 e. The summed E-state index contributed by atoms with van der Waals surface area (Å²) in [6, 6.07) is 3.35. The van der Waals surface area contributed by atoms with Crippen LogP contribution >= 0.6 is 11.6 Å². The van der Waals surface area contributed by atoms with Crippen molar-refractivity contribution in [2.24, 2.45) is 0 Å². The van der Waals surface area contributed by atoms with E-state index in [2.05, 4.69) is 5.16 Å². The summed E-state index contributed by atoms with van der Waals surface area (Å²) in [4.78, 5) is 0. The van der Waals surface area contributed by atoms with Gasteiger partial charge in [-0.3, -0.25) is 0 Å². The third-order valence-electron chi connectivity index (χ3n) is 1.77. The molecule has 0 bridgehead atoms. The fourth-order valence-electron chi connectivity index (χ4n) is 1.02. The van der Waals surface area contributed by atoms with Crippen LogP contribution in [0.3, 0.4) is 0 Å². The summed E-state index contributed by atoms with van der Waals surface area (Å²) in [6.45, 7) is 1.80. The molecule has 13 heavy (non-hydrogen) atoms. The van der Waals surface area contributed by atoms with Gasteiger partial charge in [-0.1, -0.05) is 5.16 Å². The Balaban J connectivity index is 2.52. The molecule has 2 heterocycles. The zero-order valence-electron chi connectivity index (χ0n) is 6.87. The number of furan rings is 1. The lowest BCUT2D eigenvalue weighted by Crippen LogP contribution is -1.83. The first-order valence-corrected chi connectivity index (χ1v) is 4.03. The third kappa shape index (κ3) is 1.29. The number of anilines is 1. The Morgan fingerprint density at radius 2 is 2.23 bits per heavy atom. The molecule has 2 aromatic heterocycles. The van der Waals surface area contributed by atoms with Crippen molar-refractivity contribution >= 4 is 17.5 Å². The summed E-state index contributed by atoms with van der Waals surface area (Å²) >= 11 is 5.61. The minimum absolute atomic E-state index is 0.294. The molecule has 0 aliphatic carbocycles. The molecule has 0 aliphatic heterocycles. The zero-order valence-corrected chi connectivity index (χ0v) is 7.63. The Kier molecular flexibility index (Phi) is 1.77. The molecular weight excluding hydrogens is 192 g/mol. The fraction of sp³-hybridized carbons (Fsp3) is 0.125. The second kappa shape index (κ2) is 2.81. The molecule has 0 fully saturated rings. The highest BCUT2D eigenvalue weighted by Crippen LogP contribution is 2.28. The van der Waals surface area contributed by atoms with Gasteiger partial charge in [0, 0.05) is 5.56 Å². The number of rotatable bonds is 1. The van der Waals surface area contributed by atoms with Gasteiger partial charge in [-0.15, -0.1) is 0 Å². The van der Waals surface area contributed by atoms with E-state index >= 15 is 0 Å². The average molecular weight is 199 g/mol. The van der Waals surface area contributed by atoms with Crippen LogP contribution in [-0.2, 0) is 0 Å². The molecule has 2 aromatic rings. The molecule has 0 saturated heterocycles. The van der Waals surface area contributed by atoms with Crippen LogP contribution in [-0.4, -0.2) is 5.16 Å². The van der Waals surface area contributed by atoms with Crippen molar-refractivity contribution in [3.05, 3.63) is 22.9 Å². The summed E-state index contributed by atoms with van der Waals surface area (Å²) < 4.78 is 9.93. The Hall–Kier alpha value is -1.42. The fourth-order valence-corrected chi connectivity index (χ4v) is 1.17. The first-order valence-electron chi connectivity index (χ1n) is 3.66. The molecular formula is C8H7ClN2O2. The van der Waals surface area contributed by atoms with E-state index in [1.54, 1.807) is 19.1 Å². The quantitative estimate of drug-likeness (QED) is 0.765. The molecule has 0 radical (unpaired) electrons. The van der Waals surface area contributed by atoms with Crippen molar-refractivity contribution in [1.29, 1.82) is 0 Å². The minimum atomic E-state index is 0.294. The van der Waals surface area contributed by atoms with E-state index in [0.29, 0.717) is 22.6 Å². The van der Waals surface area contributed by atoms with Gasteiger partial charge in [0.1, 0.15) is 0 Å². The highest BCUT2D eigenvalue weighted by Gasteiger charge is 2.14. The molecule has 0 aromatic carbocycles. The van der Waals surface area contributed by atoms with Crippen molar-refractivity contribution in [3.8, 4) is 11.5 Å². The van der Waals surface area contributed by atoms with Crippen molar-refractivity contribution in [3.63, 3.8) is 0 Å². The van der Waals surface area contributed by atoms with Gasteiger partial charge >= 0.3 is 0 Å². The smallest absolute Gasteiger partial charge is 0.225 e. The molecule has 0 amide bonds. The number of nitrogens with zero attached hydrogens (tertiary/aromatic N) is 1. The standard InChI is InChI=1S/C8H7ClN2O2/c1-4-7(11-13-8(4)10)5-2-3-6(9)12-5/h2-3H,10H2,1H3. The number of nitrogen functional groups attached to an aromatic ring is 1. The molecule has 0 atom stereocenters. The molecule has 0 saturated carbocycles. The lowest BCUT2D eigenvalue weighted by atomic mass is 10.2. The van der Waals surface area contributed by atoms with Gasteiger partial charge in [0.15, 0.2) is 16.7 Å². The molecule has 0 aliphatic rings. The maximum absolute atomic E-state index is 5.61. The molecule has 0 unspecified atom stereocenters. The SMILES string of the molecule is Cc1c(-c2ccc(Cl)o2)noc1N. The second-order valence-corrected chi connectivity index (χ2v) is 3.00. The number of aromatic nitrogens is 1. The van der Waals surface area contributed by atoms with Crippen LogP contribution in [0.25, 0.3) is 11.5 Å². The van der Waals surface area contributed by atoms with Crippen LogP contribution in [0.1, 0.15) is 5.56 Å². The Morgan fingerprint density at radius 1 is 1.46 bits per heavy atom. The Labute approximate surface area is 79.3 Å². The molecule has 4 nitrogen and oxygen atoms in total. The first kappa shape index (κ1) is 8.19. The molecule has 2 rings (SSSR count). The van der Waals surface area contributed by atoms with Gasteiger partial charge in [0.05, 0.1) is 0 Å². The van der Waals surface area contributed by atoms with Gasteiger partial charge in [-0.2, -0.15) is 0 Å². The summed E-state index contributed by atoms with van der Waals surface area (Å²) in [7, 11) is 0. The van der Waals surface area contributed by atoms with Gasteiger partial charge in [-0.25, -0.2) is 0 Å². The van der Waals surface area contributed by atoms with E-state index < -0.39 is 0 Å². The summed E-state index contributed by atoms with van der Waals surface area (Å²) in [6.07, 6.45) is 0. The van der Waals surface area contributed by atoms with E-state index in [-0.39, 0.29) is 0 Å². The Bertz CT molecular complexity index is 433.